The fourth-order valence-corrected chi connectivity index (χ4v) is 4.06. The molecule has 0 spiro atoms. The second-order valence-electron chi connectivity index (χ2n) is 6.09. The van der Waals surface area contributed by atoms with Gasteiger partial charge in [-0.2, -0.15) is 0 Å². The number of nitrogens with one attached hydrogen (secondary N) is 2. The second-order valence-corrected chi connectivity index (χ2v) is 7.00. The van der Waals surface area contributed by atoms with Gasteiger partial charge in [0, 0.05) is 41.8 Å². The van der Waals surface area contributed by atoms with Crippen molar-refractivity contribution in [3.05, 3.63) is 45.6 Å². The minimum absolute atomic E-state index is 0.117. The molecule has 1 aromatic carbocycles. The molecule has 2 N–H and O–H groups in total. The third kappa shape index (κ3) is 3.30. The molecule has 0 bridgehead atoms. The topological polar surface area (TPSA) is 74.4 Å². The van der Waals surface area contributed by atoms with E-state index in [9.17, 15) is 9.59 Å². The molecule has 1 amide bonds. The van der Waals surface area contributed by atoms with Crippen LogP contribution in [0.15, 0.2) is 34.4 Å². The molecule has 2 aromatic heterocycles. The Hall–Kier alpha value is -2.22. The van der Waals surface area contributed by atoms with E-state index >= 15 is 0 Å². The molecule has 0 aliphatic carbocycles. The number of amides is 1. The van der Waals surface area contributed by atoms with Gasteiger partial charge in [0.05, 0.1) is 24.1 Å². The van der Waals surface area contributed by atoms with Gasteiger partial charge in [-0.15, -0.1) is 11.3 Å². The third-order valence-corrected chi connectivity index (χ3v) is 5.45. The van der Waals surface area contributed by atoms with Crippen LogP contribution >= 0.6 is 11.3 Å². The standard InChI is InChI=1S/C18H19N3O3S/c22-17(19-4-5-21-6-8-24-9-7-21)12-1-2-13-15(11-12)20-18(23)14-3-10-25-16(13)14/h1-3,10-11H,4-9H2,(H,19,22)(H,20,23). The van der Waals surface area contributed by atoms with Gasteiger partial charge >= 0.3 is 0 Å². The average Bonchev–Trinajstić information content (AvgIpc) is 3.13. The number of pyridine rings is 1. The molecule has 0 saturated carbocycles. The molecule has 0 atom stereocenters. The molecule has 6 nitrogen and oxygen atoms in total. The summed E-state index contributed by atoms with van der Waals surface area (Å²) in [5, 5.41) is 6.52. The average molecular weight is 357 g/mol. The summed E-state index contributed by atoms with van der Waals surface area (Å²) in [5.74, 6) is -0.123. The Morgan fingerprint density at radius 2 is 2.08 bits per heavy atom. The van der Waals surface area contributed by atoms with E-state index < -0.39 is 0 Å². The van der Waals surface area contributed by atoms with Gasteiger partial charge in [0.25, 0.3) is 11.5 Å². The summed E-state index contributed by atoms with van der Waals surface area (Å²) in [7, 11) is 0. The van der Waals surface area contributed by atoms with Crippen molar-refractivity contribution in [1.29, 1.82) is 0 Å². The number of carbonyl (C=O) groups is 1. The lowest BCUT2D eigenvalue weighted by Crippen LogP contribution is -2.41. The maximum absolute atomic E-state index is 12.4. The third-order valence-electron chi connectivity index (χ3n) is 4.50. The van der Waals surface area contributed by atoms with Gasteiger partial charge in [0.15, 0.2) is 0 Å². The summed E-state index contributed by atoms with van der Waals surface area (Å²) in [6.45, 7) is 4.73. The molecule has 4 rings (SSSR count). The molecular formula is C18H19N3O3S. The van der Waals surface area contributed by atoms with Crippen molar-refractivity contribution >= 4 is 38.2 Å². The molecule has 1 aliphatic rings. The number of aromatic nitrogens is 1. The normalized spacial score (nSPS) is 15.7. The molecule has 7 heteroatoms. The number of ether oxygens (including phenoxy) is 1. The van der Waals surface area contributed by atoms with Crippen molar-refractivity contribution in [3.63, 3.8) is 0 Å². The Morgan fingerprint density at radius 1 is 1.24 bits per heavy atom. The Bertz CT molecular complexity index is 973. The molecule has 1 fully saturated rings. The largest absolute Gasteiger partial charge is 0.379 e. The highest BCUT2D eigenvalue weighted by atomic mass is 32.1. The van der Waals surface area contributed by atoms with Crippen LogP contribution in [-0.4, -0.2) is 55.2 Å². The zero-order valence-electron chi connectivity index (χ0n) is 13.7. The summed E-state index contributed by atoms with van der Waals surface area (Å²) >= 11 is 1.54. The van der Waals surface area contributed by atoms with Gasteiger partial charge in [-0.05, 0) is 23.6 Å². The van der Waals surface area contributed by atoms with Gasteiger partial charge in [-0.3, -0.25) is 14.5 Å². The van der Waals surface area contributed by atoms with E-state index in [1.807, 2.05) is 23.6 Å². The fourth-order valence-electron chi connectivity index (χ4n) is 3.13. The van der Waals surface area contributed by atoms with Crippen LogP contribution in [0.3, 0.4) is 0 Å². The van der Waals surface area contributed by atoms with Crippen LogP contribution in [0.1, 0.15) is 10.4 Å². The smallest absolute Gasteiger partial charge is 0.257 e. The van der Waals surface area contributed by atoms with Crippen LogP contribution in [-0.2, 0) is 4.74 Å². The number of nitrogens with zero attached hydrogens (tertiary/aromatic N) is 1. The molecule has 3 heterocycles. The number of fused-ring (bicyclic) bond motifs is 3. The molecule has 1 saturated heterocycles. The number of carbonyl (C=O) groups excluding carboxylic acids is 1. The van der Waals surface area contributed by atoms with Crippen molar-refractivity contribution in [3.8, 4) is 0 Å². The van der Waals surface area contributed by atoms with Crippen molar-refractivity contribution in [2.24, 2.45) is 0 Å². The van der Waals surface area contributed by atoms with Gasteiger partial charge in [0.2, 0.25) is 0 Å². The van der Waals surface area contributed by atoms with Gasteiger partial charge in [-0.1, -0.05) is 6.07 Å². The number of hydrogen-bond acceptors (Lipinski definition) is 5. The predicted octanol–water partition coefficient (Wildman–Crippen LogP) is 1.80. The number of morpholine rings is 1. The fraction of sp³-hybridized carbons (Fsp3) is 0.333. The molecule has 25 heavy (non-hydrogen) atoms. The summed E-state index contributed by atoms with van der Waals surface area (Å²) in [5.41, 5.74) is 1.13. The lowest BCUT2D eigenvalue weighted by Gasteiger charge is -2.26. The molecule has 3 aromatic rings. The summed E-state index contributed by atoms with van der Waals surface area (Å²) in [4.78, 5) is 29.6. The van der Waals surface area contributed by atoms with Gasteiger partial charge in [0.1, 0.15) is 0 Å². The maximum atomic E-state index is 12.4. The van der Waals surface area contributed by atoms with Crippen LogP contribution in [0.4, 0.5) is 0 Å². The van der Waals surface area contributed by atoms with Crippen molar-refractivity contribution in [2.75, 3.05) is 39.4 Å². The Kier molecular flexibility index (Phi) is 4.52. The van der Waals surface area contributed by atoms with Crippen LogP contribution in [0, 0.1) is 0 Å². The van der Waals surface area contributed by atoms with Crippen LogP contribution < -0.4 is 10.9 Å². The Morgan fingerprint density at radius 3 is 2.92 bits per heavy atom. The highest BCUT2D eigenvalue weighted by molar-refractivity contribution is 7.18. The number of benzene rings is 1. The van der Waals surface area contributed by atoms with Crippen molar-refractivity contribution < 1.29 is 9.53 Å². The molecule has 0 unspecified atom stereocenters. The first kappa shape index (κ1) is 16.3. The first-order chi connectivity index (χ1) is 12.2. The van der Waals surface area contributed by atoms with Crippen LogP contribution in [0.5, 0.6) is 0 Å². The van der Waals surface area contributed by atoms with Crippen LogP contribution in [0.2, 0.25) is 0 Å². The summed E-state index contributed by atoms with van der Waals surface area (Å²) < 4.78 is 6.27. The summed E-state index contributed by atoms with van der Waals surface area (Å²) in [6.07, 6.45) is 0. The molecular weight excluding hydrogens is 338 g/mol. The molecule has 0 radical (unpaired) electrons. The zero-order chi connectivity index (χ0) is 17.2. The maximum Gasteiger partial charge on any atom is 0.257 e. The van der Waals surface area contributed by atoms with E-state index in [1.54, 1.807) is 6.07 Å². The lowest BCUT2D eigenvalue weighted by atomic mass is 10.1. The van der Waals surface area contributed by atoms with E-state index in [4.69, 9.17) is 4.74 Å². The van der Waals surface area contributed by atoms with Gasteiger partial charge in [-0.25, -0.2) is 0 Å². The molecule has 130 valence electrons. The quantitative estimate of drug-likeness (QED) is 0.747. The van der Waals surface area contributed by atoms with Crippen molar-refractivity contribution in [2.45, 2.75) is 0 Å². The van der Waals surface area contributed by atoms with Crippen molar-refractivity contribution in [1.82, 2.24) is 15.2 Å². The molecule has 1 aliphatic heterocycles. The number of rotatable bonds is 4. The predicted molar refractivity (Wildman–Crippen MR) is 99.5 cm³/mol. The second kappa shape index (κ2) is 6.95. The SMILES string of the molecule is O=C(NCCN1CCOCC1)c1ccc2c(c1)[nH]c(=O)c1ccsc12. The van der Waals surface area contributed by atoms with E-state index in [-0.39, 0.29) is 11.5 Å². The minimum Gasteiger partial charge on any atom is -0.379 e. The number of hydrogen-bond donors (Lipinski definition) is 2. The highest BCUT2D eigenvalue weighted by Crippen LogP contribution is 2.26. The van der Waals surface area contributed by atoms with E-state index in [1.165, 1.54) is 11.3 Å². The lowest BCUT2D eigenvalue weighted by molar-refractivity contribution is 0.0383. The Labute approximate surface area is 148 Å². The first-order valence-corrected chi connectivity index (χ1v) is 9.22. The monoisotopic (exact) mass is 357 g/mol. The van der Waals surface area contributed by atoms with E-state index in [2.05, 4.69) is 15.2 Å². The Balaban J connectivity index is 1.49. The van der Waals surface area contributed by atoms with E-state index in [0.29, 0.717) is 23.0 Å². The minimum atomic E-state index is -0.123. The van der Waals surface area contributed by atoms with Crippen LogP contribution in [0.25, 0.3) is 21.0 Å². The first-order valence-electron chi connectivity index (χ1n) is 8.34. The van der Waals surface area contributed by atoms with Gasteiger partial charge < -0.3 is 15.0 Å². The zero-order valence-corrected chi connectivity index (χ0v) is 14.5. The highest BCUT2D eigenvalue weighted by Gasteiger charge is 2.12. The number of thiophene rings is 1. The van der Waals surface area contributed by atoms with E-state index in [0.717, 1.165) is 42.9 Å². The number of aromatic amines is 1. The number of H-pyrrole nitrogens is 1. The summed E-state index contributed by atoms with van der Waals surface area (Å²) in [6, 6.07) is 7.29.